The summed E-state index contributed by atoms with van der Waals surface area (Å²) in [6.07, 6.45) is 3.57. The van der Waals surface area contributed by atoms with Crippen LogP contribution < -0.4 is 15.6 Å². The Morgan fingerprint density at radius 1 is 1.25 bits per heavy atom. The van der Waals surface area contributed by atoms with Gasteiger partial charge in [-0.15, -0.1) is 0 Å². The number of aryl methyl sites for hydroxylation is 1. The Labute approximate surface area is 188 Å². The first-order valence-electron chi connectivity index (χ1n) is 11.1. The van der Waals surface area contributed by atoms with Crippen LogP contribution in [0.2, 0.25) is 0 Å². The van der Waals surface area contributed by atoms with Gasteiger partial charge in [-0.05, 0) is 76.6 Å². The van der Waals surface area contributed by atoms with Gasteiger partial charge in [0, 0.05) is 24.2 Å². The molecule has 3 aromatic rings. The summed E-state index contributed by atoms with van der Waals surface area (Å²) in [7, 11) is 2.05. The van der Waals surface area contributed by atoms with E-state index in [2.05, 4.69) is 36.1 Å². The van der Waals surface area contributed by atoms with E-state index in [0.717, 1.165) is 24.9 Å². The SMILES string of the molecule is Cc1ccc(C(=O)NC2CC2)cc1-n1cnc2ccc(OCCN(C)C(C)C)cc2c1=O. The Hall–Kier alpha value is -3.19. The van der Waals surface area contributed by atoms with Crippen molar-refractivity contribution >= 4 is 16.8 Å². The third kappa shape index (κ3) is 4.83. The molecule has 1 aromatic heterocycles. The molecule has 0 saturated heterocycles. The second-order valence-electron chi connectivity index (χ2n) is 8.77. The molecule has 1 fully saturated rings. The Balaban J connectivity index is 1.62. The molecule has 0 bridgehead atoms. The van der Waals surface area contributed by atoms with Gasteiger partial charge >= 0.3 is 0 Å². The van der Waals surface area contributed by atoms with Gasteiger partial charge in [0.25, 0.3) is 11.5 Å². The largest absolute Gasteiger partial charge is 0.492 e. The van der Waals surface area contributed by atoms with E-state index in [0.29, 0.717) is 40.6 Å². The van der Waals surface area contributed by atoms with Gasteiger partial charge in [0.1, 0.15) is 18.7 Å². The van der Waals surface area contributed by atoms with E-state index in [1.165, 1.54) is 10.9 Å². The van der Waals surface area contributed by atoms with Crippen LogP contribution in [0.5, 0.6) is 5.75 Å². The maximum absolute atomic E-state index is 13.3. The zero-order chi connectivity index (χ0) is 22.8. The third-order valence-electron chi connectivity index (χ3n) is 5.97. The summed E-state index contributed by atoms with van der Waals surface area (Å²) in [6.45, 7) is 7.51. The minimum Gasteiger partial charge on any atom is -0.492 e. The van der Waals surface area contributed by atoms with Crippen molar-refractivity contribution < 1.29 is 9.53 Å². The van der Waals surface area contributed by atoms with Gasteiger partial charge in [0.2, 0.25) is 0 Å². The molecule has 1 aliphatic carbocycles. The van der Waals surface area contributed by atoms with Gasteiger partial charge in [0.15, 0.2) is 0 Å². The smallest absolute Gasteiger partial charge is 0.265 e. The third-order valence-corrected chi connectivity index (χ3v) is 5.97. The summed E-state index contributed by atoms with van der Waals surface area (Å²) in [6, 6.07) is 11.5. The Kier molecular flexibility index (Phi) is 6.28. The molecule has 168 valence electrons. The highest BCUT2D eigenvalue weighted by Gasteiger charge is 2.24. The molecule has 32 heavy (non-hydrogen) atoms. The van der Waals surface area contributed by atoms with Gasteiger partial charge in [-0.2, -0.15) is 0 Å². The van der Waals surface area contributed by atoms with Crippen LogP contribution in [0, 0.1) is 6.92 Å². The standard InChI is InChI=1S/C25H30N4O3/c1-16(2)28(4)11-12-32-20-9-10-22-21(14-20)25(31)29(15-26-22)23-13-18(6-5-17(23)3)24(30)27-19-7-8-19/h5-6,9-10,13-16,19H,7-8,11-12H2,1-4H3,(H,27,30). The van der Waals surface area contributed by atoms with Crippen molar-refractivity contribution in [1.82, 2.24) is 19.8 Å². The van der Waals surface area contributed by atoms with E-state index >= 15 is 0 Å². The molecule has 1 aliphatic rings. The molecule has 0 spiro atoms. The summed E-state index contributed by atoms with van der Waals surface area (Å²) in [4.78, 5) is 32.5. The van der Waals surface area contributed by atoms with Crippen LogP contribution in [-0.2, 0) is 0 Å². The highest BCUT2D eigenvalue weighted by atomic mass is 16.5. The molecule has 7 heteroatoms. The summed E-state index contributed by atoms with van der Waals surface area (Å²) in [5.74, 6) is 0.526. The van der Waals surface area contributed by atoms with Crippen molar-refractivity contribution in [3.63, 3.8) is 0 Å². The van der Waals surface area contributed by atoms with Gasteiger partial charge in [-0.25, -0.2) is 4.98 Å². The molecule has 4 rings (SSSR count). The fourth-order valence-electron chi connectivity index (χ4n) is 3.43. The number of aromatic nitrogens is 2. The second-order valence-corrected chi connectivity index (χ2v) is 8.77. The van der Waals surface area contributed by atoms with Gasteiger partial charge in [-0.1, -0.05) is 6.07 Å². The van der Waals surface area contributed by atoms with E-state index in [1.54, 1.807) is 24.3 Å². The summed E-state index contributed by atoms with van der Waals surface area (Å²) in [5, 5.41) is 3.47. The molecule has 0 radical (unpaired) electrons. The number of nitrogens with zero attached hydrogens (tertiary/aromatic N) is 3. The first-order chi connectivity index (χ1) is 15.3. The fourth-order valence-corrected chi connectivity index (χ4v) is 3.43. The van der Waals surface area contributed by atoms with Crippen molar-refractivity contribution in [2.75, 3.05) is 20.2 Å². The molecular weight excluding hydrogens is 404 g/mol. The molecule has 1 heterocycles. The first kappa shape index (κ1) is 22.0. The van der Waals surface area contributed by atoms with Crippen LogP contribution in [-0.4, -0.2) is 52.6 Å². The minimum absolute atomic E-state index is 0.113. The van der Waals surface area contributed by atoms with Crippen LogP contribution in [0.4, 0.5) is 0 Å². The highest BCUT2D eigenvalue weighted by molar-refractivity contribution is 5.95. The molecule has 2 aromatic carbocycles. The molecule has 7 nitrogen and oxygen atoms in total. The van der Waals surface area contributed by atoms with Crippen molar-refractivity contribution in [2.24, 2.45) is 0 Å². The van der Waals surface area contributed by atoms with Crippen molar-refractivity contribution in [3.05, 3.63) is 64.2 Å². The Morgan fingerprint density at radius 3 is 2.75 bits per heavy atom. The molecule has 1 amide bonds. The molecule has 0 unspecified atom stereocenters. The highest BCUT2D eigenvalue weighted by Crippen LogP contribution is 2.22. The number of carbonyl (C=O) groups is 1. The number of fused-ring (bicyclic) bond motifs is 1. The lowest BCUT2D eigenvalue weighted by Crippen LogP contribution is -2.30. The minimum atomic E-state index is -0.192. The van der Waals surface area contributed by atoms with Crippen LogP contribution in [0.3, 0.4) is 0 Å². The zero-order valence-corrected chi connectivity index (χ0v) is 19.1. The number of carbonyl (C=O) groups excluding carboxylic acids is 1. The van der Waals surface area contributed by atoms with Crippen molar-refractivity contribution in [3.8, 4) is 11.4 Å². The quantitative estimate of drug-likeness (QED) is 0.589. The number of amides is 1. The number of rotatable bonds is 8. The van der Waals surface area contributed by atoms with Crippen LogP contribution in [0.15, 0.2) is 47.5 Å². The zero-order valence-electron chi connectivity index (χ0n) is 19.1. The van der Waals surface area contributed by atoms with E-state index in [9.17, 15) is 9.59 Å². The van der Waals surface area contributed by atoms with Crippen LogP contribution >= 0.6 is 0 Å². The van der Waals surface area contributed by atoms with E-state index < -0.39 is 0 Å². The monoisotopic (exact) mass is 434 g/mol. The normalized spacial score (nSPS) is 13.7. The van der Waals surface area contributed by atoms with E-state index in [1.807, 2.05) is 19.1 Å². The number of likely N-dealkylation sites (N-methyl/N-ethyl adjacent to an activating group) is 1. The molecule has 0 atom stereocenters. The predicted molar refractivity (Wildman–Crippen MR) is 126 cm³/mol. The topological polar surface area (TPSA) is 76.5 Å². The fraction of sp³-hybridized carbons (Fsp3) is 0.400. The first-order valence-corrected chi connectivity index (χ1v) is 11.1. The summed E-state index contributed by atoms with van der Waals surface area (Å²) < 4.78 is 7.38. The average molecular weight is 435 g/mol. The lowest BCUT2D eigenvalue weighted by atomic mass is 10.1. The van der Waals surface area contributed by atoms with Gasteiger partial charge in [-0.3, -0.25) is 14.2 Å². The van der Waals surface area contributed by atoms with E-state index in [-0.39, 0.29) is 17.5 Å². The summed E-state index contributed by atoms with van der Waals surface area (Å²) in [5.41, 5.74) is 2.50. The Bertz CT molecular complexity index is 1200. The second kappa shape index (κ2) is 9.12. The lowest BCUT2D eigenvalue weighted by molar-refractivity contribution is 0.0951. The number of ether oxygens (including phenoxy) is 1. The predicted octanol–water partition coefficient (Wildman–Crippen LogP) is 3.31. The average Bonchev–Trinajstić information content (AvgIpc) is 3.58. The molecule has 1 N–H and O–H groups in total. The van der Waals surface area contributed by atoms with Crippen molar-refractivity contribution in [2.45, 2.75) is 45.7 Å². The number of nitrogens with one attached hydrogen (secondary N) is 1. The van der Waals surface area contributed by atoms with Crippen molar-refractivity contribution in [1.29, 1.82) is 0 Å². The maximum atomic E-state index is 13.3. The van der Waals surface area contributed by atoms with Crippen LogP contribution in [0.1, 0.15) is 42.6 Å². The number of benzene rings is 2. The van der Waals surface area contributed by atoms with E-state index in [4.69, 9.17) is 4.74 Å². The number of hydrogen-bond donors (Lipinski definition) is 1. The molecule has 1 saturated carbocycles. The maximum Gasteiger partial charge on any atom is 0.265 e. The summed E-state index contributed by atoms with van der Waals surface area (Å²) >= 11 is 0. The molecular formula is C25H30N4O3. The lowest BCUT2D eigenvalue weighted by Gasteiger charge is -2.20. The molecule has 0 aliphatic heterocycles. The number of hydrogen-bond acceptors (Lipinski definition) is 5. The van der Waals surface area contributed by atoms with Gasteiger partial charge < -0.3 is 15.0 Å². The van der Waals surface area contributed by atoms with Gasteiger partial charge in [0.05, 0.1) is 16.6 Å². The Morgan fingerprint density at radius 2 is 2.03 bits per heavy atom. The van der Waals surface area contributed by atoms with Crippen LogP contribution in [0.25, 0.3) is 16.6 Å².